The van der Waals surface area contributed by atoms with E-state index < -0.39 is 5.97 Å². The lowest BCUT2D eigenvalue weighted by molar-refractivity contribution is -0.114. The fourth-order valence-electron chi connectivity index (χ4n) is 1.29. The molecule has 1 rings (SSSR count). The number of hydrogen-bond acceptors (Lipinski definition) is 3. The fourth-order valence-corrected chi connectivity index (χ4v) is 1.29. The van der Waals surface area contributed by atoms with E-state index in [-0.39, 0.29) is 17.2 Å². The molecule has 0 aliphatic carbocycles. The van der Waals surface area contributed by atoms with Crippen LogP contribution in [0.3, 0.4) is 0 Å². The van der Waals surface area contributed by atoms with Crippen molar-refractivity contribution in [3.8, 4) is 0 Å². The lowest BCUT2D eigenvalue weighted by atomic mass is 10.0. The Bertz CT molecular complexity index is 466. The first kappa shape index (κ1) is 11.9. The fraction of sp³-hybridized carbons (Fsp3) is 0.182. The highest BCUT2D eigenvalue weighted by molar-refractivity contribution is 6.06. The van der Waals surface area contributed by atoms with Crippen molar-refractivity contribution >= 4 is 23.3 Å². The summed E-state index contributed by atoms with van der Waals surface area (Å²) >= 11 is 0. The third-order valence-electron chi connectivity index (χ3n) is 1.98. The second kappa shape index (κ2) is 4.57. The SMILES string of the molecule is CC(=N)c1cc(C(=O)O)ccc1NC(C)=O. The number of carbonyl (C=O) groups excluding carboxylic acids is 1. The van der Waals surface area contributed by atoms with Crippen molar-refractivity contribution in [1.82, 2.24) is 0 Å². The van der Waals surface area contributed by atoms with Gasteiger partial charge in [-0.05, 0) is 25.1 Å². The molecule has 0 radical (unpaired) electrons. The van der Waals surface area contributed by atoms with Crippen LogP contribution in [0.25, 0.3) is 0 Å². The number of carboxylic acid groups (broad SMARTS) is 1. The molecule has 1 aromatic rings. The van der Waals surface area contributed by atoms with Crippen LogP contribution in [-0.4, -0.2) is 22.7 Å². The normalized spacial score (nSPS) is 9.62. The molecule has 0 saturated heterocycles. The smallest absolute Gasteiger partial charge is 0.335 e. The molecule has 0 atom stereocenters. The molecule has 1 aromatic carbocycles. The third-order valence-corrected chi connectivity index (χ3v) is 1.98. The van der Waals surface area contributed by atoms with E-state index in [1.54, 1.807) is 0 Å². The maximum atomic E-state index is 10.9. The Morgan fingerprint density at radius 3 is 2.38 bits per heavy atom. The van der Waals surface area contributed by atoms with Gasteiger partial charge in [0.05, 0.1) is 5.56 Å². The van der Waals surface area contributed by atoms with Gasteiger partial charge in [-0.3, -0.25) is 4.79 Å². The molecule has 0 heterocycles. The molecule has 0 bridgehead atoms. The maximum Gasteiger partial charge on any atom is 0.335 e. The highest BCUT2D eigenvalue weighted by Crippen LogP contribution is 2.18. The molecule has 84 valence electrons. The summed E-state index contributed by atoms with van der Waals surface area (Å²) in [6.45, 7) is 2.89. The van der Waals surface area contributed by atoms with Crippen LogP contribution < -0.4 is 5.32 Å². The van der Waals surface area contributed by atoms with Gasteiger partial charge in [-0.2, -0.15) is 0 Å². The maximum absolute atomic E-state index is 10.9. The number of nitrogens with one attached hydrogen (secondary N) is 2. The number of anilines is 1. The molecule has 0 aliphatic heterocycles. The van der Waals surface area contributed by atoms with Crippen LogP contribution in [0, 0.1) is 5.41 Å². The molecular weight excluding hydrogens is 208 g/mol. The van der Waals surface area contributed by atoms with Crippen LogP contribution in [0.2, 0.25) is 0 Å². The Hall–Kier alpha value is -2.17. The first-order valence-corrected chi connectivity index (χ1v) is 4.62. The van der Waals surface area contributed by atoms with E-state index in [0.717, 1.165) is 0 Å². The minimum Gasteiger partial charge on any atom is -0.478 e. The van der Waals surface area contributed by atoms with Crippen molar-refractivity contribution < 1.29 is 14.7 Å². The van der Waals surface area contributed by atoms with Gasteiger partial charge < -0.3 is 15.8 Å². The summed E-state index contributed by atoms with van der Waals surface area (Å²) in [6.07, 6.45) is 0. The quantitative estimate of drug-likeness (QED) is 0.677. The van der Waals surface area contributed by atoms with E-state index in [4.69, 9.17) is 10.5 Å². The largest absolute Gasteiger partial charge is 0.478 e. The van der Waals surface area contributed by atoms with Gasteiger partial charge in [0.1, 0.15) is 0 Å². The Morgan fingerprint density at radius 2 is 1.94 bits per heavy atom. The average molecular weight is 220 g/mol. The second-order valence-corrected chi connectivity index (χ2v) is 3.37. The van der Waals surface area contributed by atoms with Crippen molar-refractivity contribution in [3.05, 3.63) is 29.3 Å². The first-order valence-electron chi connectivity index (χ1n) is 4.62. The van der Waals surface area contributed by atoms with Crippen LogP contribution in [0.1, 0.15) is 29.8 Å². The van der Waals surface area contributed by atoms with Crippen molar-refractivity contribution in [2.75, 3.05) is 5.32 Å². The van der Waals surface area contributed by atoms with E-state index in [1.807, 2.05) is 0 Å². The van der Waals surface area contributed by atoms with Crippen molar-refractivity contribution in [3.63, 3.8) is 0 Å². The zero-order chi connectivity index (χ0) is 12.3. The molecule has 5 heteroatoms. The molecule has 0 fully saturated rings. The zero-order valence-electron chi connectivity index (χ0n) is 9.00. The summed E-state index contributed by atoms with van der Waals surface area (Å²) in [4.78, 5) is 21.7. The number of aromatic carboxylic acids is 1. The van der Waals surface area contributed by atoms with Gasteiger partial charge >= 0.3 is 5.97 Å². The van der Waals surface area contributed by atoms with Gasteiger partial charge in [0, 0.05) is 23.9 Å². The Kier molecular flexibility index (Phi) is 3.40. The number of rotatable bonds is 3. The topological polar surface area (TPSA) is 90.2 Å². The van der Waals surface area contributed by atoms with Crippen LogP contribution >= 0.6 is 0 Å². The second-order valence-electron chi connectivity index (χ2n) is 3.37. The molecule has 0 aliphatic rings. The molecular formula is C11H12N2O3. The van der Waals surface area contributed by atoms with Crippen LogP contribution in [-0.2, 0) is 4.79 Å². The minimum atomic E-state index is -1.06. The Morgan fingerprint density at radius 1 is 1.31 bits per heavy atom. The van der Waals surface area contributed by atoms with Crippen LogP contribution in [0.4, 0.5) is 5.69 Å². The molecule has 0 unspecified atom stereocenters. The van der Waals surface area contributed by atoms with Gasteiger partial charge in [0.2, 0.25) is 5.91 Å². The van der Waals surface area contributed by atoms with Crippen molar-refractivity contribution in [1.29, 1.82) is 5.41 Å². The van der Waals surface area contributed by atoms with Gasteiger partial charge in [0.15, 0.2) is 0 Å². The van der Waals surface area contributed by atoms with Gasteiger partial charge in [0.25, 0.3) is 0 Å². The Labute approximate surface area is 92.6 Å². The molecule has 1 amide bonds. The Balaban J connectivity index is 3.24. The molecule has 0 spiro atoms. The summed E-state index contributed by atoms with van der Waals surface area (Å²) in [5.74, 6) is -1.32. The monoisotopic (exact) mass is 220 g/mol. The van der Waals surface area contributed by atoms with Crippen LogP contribution in [0.5, 0.6) is 0 Å². The third kappa shape index (κ3) is 2.66. The average Bonchev–Trinajstić information content (AvgIpc) is 2.16. The molecule has 5 nitrogen and oxygen atoms in total. The van der Waals surface area contributed by atoms with Crippen molar-refractivity contribution in [2.24, 2.45) is 0 Å². The van der Waals surface area contributed by atoms with E-state index >= 15 is 0 Å². The number of carbonyl (C=O) groups is 2. The zero-order valence-corrected chi connectivity index (χ0v) is 9.00. The van der Waals surface area contributed by atoms with Crippen LogP contribution in [0.15, 0.2) is 18.2 Å². The number of amides is 1. The predicted octanol–water partition coefficient (Wildman–Crippen LogP) is 1.73. The molecule has 3 N–H and O–H groups in total. The van der Waals surface area contributed by atoms with E-state index in [0.29, 0.717) is 11.3 Å². The number of benzene rings is 1. The molecule has 0 aromatic heterocycles. The van der Waals surface area contributed by atoms with E-state index in [2.05, 4.69) is 5.32 Å². The minimum absolute atomic E-state index is 0.0932. The molecule has 16 heavy (non-hydrogen) atoms. The van der Waals surface area contributed by atoms with Gasteiger partial charge in [-0.15, -0.1) is 0 Å². The van der Waals surface area contributed by atoms with Gasteiger partial charge in [-0.1, -0.05) is 0 Å². The number of hydrogen-bond donors (Lipinski definition) is 3. The number of carboxylic acids is 1. The summed E-state index contributed by atoms with van der Waals surface area (Å²) in [5.41, 5.74) is 1.16. The highest BCUT2D eigenvalue weighted by atomic mass is 16.4. The highest BCUT2D eigenvalue weighted by Gasteiger charge is 2.10. The lowest BCUT2D eigenvalue weighted by Crippen LogP contribution is -2.11. The predicted molar refractivity (Wildman–Crippen MR) is 60.2 cm³/mol. The summed E-state index contributed by atoms with van der Waals surface area (Å²) in [5, 5.41) is 18.9. The standard InChI is InChI=1S/C11H12N2O3/c1-6(12)9-5-8(11(15)16)3-4-10(9)13-7(2)14/h3-5,12H,1-2H3,(H,13,14)(H,15,16). The summed E-state index contributed by atoms with van der Waals surface area (Å²) < 4.78 is 0. The summed E-state index contributed by atoms with van der Waals surface area (Å²) in [7, 11) is 0. The van der Waals surface area contributed by atoms with Crippen molar-refractivity contribution in [2.45, 2.75) is 13.8 Å². The first-order chi connectivity index (χ1) is 7.41. The lowest BCUT2D eigenvalue weighted by Gasteiger charge is -2.09. The van der Waals surface area contributed by atoms with E-state index in [9.17, 15) is 9.59 Å². The van der Waals surface area contributed by atoms with Gasteiger partial charge in [-0.25, -0.2) is 4.79 Å². The molecule has 0 saturated carbocycles. The summed E-state index contributed by atoms with van der Waals surface area (Å²) in [6, 6.07) is 4.24. The van der Waals surface area contributed by atoms with E-state index in [1.165, 1.54) is 32.0 Å².